The Hall–Kier alpha value is -3.11. The van der Waals surface area contributed by atoms with Crippen molar-refractivity contribution in [2.75, 3.05) is 24.3 Å². The van der Waals surface area contributed by atoms with Gasteiger partial charge >= 0.3 is 0 Å². The Bertz CT molecular complexity index is 1240. The summed E-state index contributed by atoms with van der Waals surface area (Å²) < 4.78 is 14.0. The number of thioether (sulfide) groups is 1. The Morgan fingerprint density at radius 2 is 1.97 bits per heavy atom. The molecule has 4 aromatic rings. The summed E-state index contributed by atoms with van der Waals surface area (Å²) in [6.07, 6.45) is 1.66. The molecule has 0 radical (unpaired) electrons. The molecule has 158 valence electrons. The van der Waals surface area contributed by atoms with Gasteiger partial charge in [0.2, 0.25) is 5.91 Å². The third-order valence-electron chi connectivity index (χ3n) is 4.92. The van der Waals surface area contributed by atoms with Gasteiger partial charge < -0.3 is 14.8 Å². The quantitative estimate of drug-likeness (QED) is 0.457. The fourth-order valence-corrected chi connectivity index (χ4v) is 4.80. The van der Waals surface area contributed by atoms with E-state index >= 15 is 0 Å². The second kappa shape index (κ2) is 8.20. The molecule has 0 saturated heterocycles. The molecule has 0 atom stereocenters. The number of ether oxygens (including phenoxy) is 2. The normalized spacial score (nSPS) is 12.8. The minimum absolute atomic E-state index is 0.157. The number of nitrogens with zero attached hydrogens (tertiary/aromatic N) is 4. The van der Waals surface area contributed by atoms with Crippen LogP contribution in [-0.2, 0) is 4.79 Å². The number of hydrogen-bond donors (Lipinski definition) is 1. The first-order chi connectivity index (χ1) is 15.1. The van der Waals surface area contributed by atoms with Gasteiger partial charge in [0.15, 0.2) is 21.8 Å². The molecule has 2 aromatic heterocycles. The predicted molar refractivity (Wildman–Crippen MR) is 121 cm³/mol. The first kappa shape index (κ1) is 19.8. The van der Waals surface area contributed by atoms with Crippen molar-refractivity contribution in [2.45, 2.75) is 19.0 Å². The molecule has 0 fully saturated rings. The fraction of sp³-hybridized carbons (Fsp3) is 0.238. The van der Waals surface area contributed by atoms with Crippen molar-refractivity contribution in [3.8, 4) is 17.2 Å². The van der Waals surface area contributed by atoms with Crippen LogP contribution in [0.25, 0.3) is 15.9 Å². The summed E-state index contributed by atoms with van der Waals surface area (Å²) in [5.41, 5.74) is 4.15. The van der Waals surface area contributed by atoms with Crippen LogP contribution in [0.3, 0.4) is 0 Å². The van der Waals surface area contributed by atoms with Gasteiger partial charge in [-0.25, -0.2) is 4.98 Å². The summed E-state index contributed by atoms with van der Waals surface area (Å²) in [6, 6.07) is 9.91. The summed E-state index contributed by atoms with van der Waals surface area (Å²) in [7, 11) is 0. The van der Waals surface area contributed by atoms with Gasteiger partial charge in [0.1, 0.15) is 19.5 Å². The SMILES string of the molecule is Cc1ccc(-n2cnnc2SCC(=O)Nc2nc3cc4c(cc3s2)OCCO4)cc1C. The van der Waals surface area contributed by atoms with Crippen LogP contribution in [0.2, 0.25) is 0 Å². The minimum atomic E-state index is -0.157. The van der Waals surface area contributed by atoms with Crippen molar-refractivity contribution in [3.63, 3.8) is 0 Å². The first-order valence-corrected chi connectivity index (χ1v) is 11.5. The zero-order valence-corrected chi connectivity index (χ0v) is 18.5. The molecule has 1 aliphatic heterocycles. The Labute approximate surface area is 186 Å². The largest absolute Gasteiger partial charge is 0.486 e. The second-order valence-corrected chi connectivity index (χ2v) is 9.04. The lowest BCUT2D eigenvalue weighted by Crippen LogP contribution is -2.15. The zero-order valence-electron chi connectivity index (χ0n) is 16.9. The maximum atomic E-state index is 12.5. The van der Waals surface area contributed by atoms with Crippen LogP contribution in [-0.4, -0.2) is 44.6 Å². The number of carbonyl (C=O) groups is 1. The van der Waals surface area contributed by atoms with E-state index in [0.29, 0.717) is 35.0 Å². The smallest absolute Gasteiger partial charge is 0.236 e. The Kier molecular flexibility index (Phi) is 5.24. The van der Waals surface area contributed by atoms with Crippen LogP contribution in [0.4, 0.5) is 5.13 Å². The van der Waals surface area contributed by atoms with Gasteiger partial charge in [-0.1, -0.05) is 29.2 Å². The number of nitrogens with one attached hydrogen (secondary N) is 1. The van der Waals surface area contributed by atoms with Crippen LogP contribution in [0, 0.1) is 13.8 Å². The first-order valence-electron chi connectivity index (χ1n) is 9.67. The van der Waals surface area contributed by atoms with Gasteiger partial charge in [0, 0.05) is 17.8 Å². The molecule has 5 rings (SSSR count). The van der Waals surface area contributed by atoms with E-state index in [-0.39, 0.29) is 11.7 Å². The second-order valence-electron chi connectivity index (χ2n) is 7.07. The Morgan fingerprint density at radius 3 is 2.77 bits per heavy atom. The minimum Gasteiger partial charge on any atom is -0.486 e. The van der Waals surface area contributed by atoms with Gasteiger partial charge in [-0.3, -0.25) is 9.36 Å². The standard InChI is InChI=1S/C21H19N5O3S2/c1-12-3-4-14(7-13(12)2)26-11-22-25-21(26)30-10-19(27)24-20-23-15-8-16-17(9-18(15)31-20)29-6-5-28-16/h3-4,7-9,11H,5-6,10H2,1-2H3,(H,23,24,27). The van der Waals surface area contributed by atoms with Crippen LogP contribution < -0.4 is 14.8 Å². The summed E-state index contributed by atoms with van der Waals surface area (Å²) in [5.74, 6) is 1.43. The van der Waals surface area contributed by atoms with Crippen molar-refractivity contribution >= 4 is 44.4 Å². The summed E-state index contributed by atoms with van der Waals surface area (Å²) >= 11 is 2.73. The van der Waals surface area contributed by atoms with Gasteiger partial charge in [-0.2, -0.15) is 0 Å². The van der Waals surface area contributed by atoms with Crippen LogP contribution in [0.1, 0.15) is 11.1 Å². The van der Waals surface area contributed by atoms with Crippen molar-refractivity contribution in [2.24, 2.45) is 0 Å². The average Bonchev–Trinajstić information content (AvgIpc) is 3.38. The van der Waals surface area contributed by atoms with Gasteiger partial charge in [0.25, 0.3) is 0 Å². The molecule has 1 N–H and O–H groups in total. The van der Waals surface area contributed by atoms with E-state index in [1.165, 1.54) is 34.2 Å². The van der Waals surface area contributed by atoms with E-state index in [1.54, 1.807) is 6.33 Å². The maximum Gasteiger partial charge on any atom is 0.236 e. The van der Waals surface area contributed by atoms with Gasteiger partial charge in [-0.15, -0.1) is 10.2 Å². The topological polar surface area (TPSA) is 91.2 Å². The third-order valence-corrected chi connectivity index (χ3v) is 6.79. The number of carbonyl (C=O) groups excluding carboxylic acids is 1. The molecule has 0 unspecified atom stereocenters. The van der Waals surface area contributed by atoms with Crippen molar-refractivity contribution < 1.29 is 14.3 Å². The number of thiazole rings is 1. The molecule has 0 aliphatic carbocycles. The molecule has 1 aliphatic rings. The fourth-order valence-electron chi connectivity index (χ4n) is 3.18. The molecule has 0 bridgehead atoms. The van der Waals surface area contributed by atoms with E-state index < -0.39 is 0 Å². The predicted octanol–water partition coefficient (Wildman–Crippen LogP) is 4.00. The summed E-state index contributed by atoms with van der Waals surface area (Å²) in [6.45, 7) is 5.19. The van der Waals surface area contributed by atoms with Crippen molar-refractivity contribution in [1.82, 2.24) is 19.7 Å². The zero-order chi connectivity index (χ0) is 21.4. The maximum absolute atomic E-state index is 12.5. The number of fused-ring (bicyclic) bond motifs is 2. The number of aryl methyl sites for hydroxylation is 2. The Morgan fingerprint density at radius 1 is 1.16 bits per heavy atom. The van der Waals surface area contributed by atoms with E-state index in [9.17, 15) is 4.79 Å². The highest BCUT2D eigenvalue weighted by Gasteiger charge is 2.17. The summed E-state index contributed by atoms with van der Waals surface area (Å²) in [4.78, 5) is 17.0. The van der Waals surface area contributed by atoms with Gasteiger partial charge in [0.05, 0.1) is 16.0 Å². The van der Waals surface area contributed by atoms with E-state index in [0.717, 1.165) is 15.9 Å². The molecule has 3 heterocycles. The van der Waals surface area contributed by atoms with Crippen LogP contribution in [0.15, 0.2) is 41.8 Å². The monoisotopic (exact) mass is 453 g/mol. The lowest BCUT2D eigenvalue weighted by Gasteiger charge is -2.17. The van der Waals surface area contributed by atoms with Crippen molar-refractivity contribution in [1.29, 1.82) is 0 Å². The highest BCUT2D eigenvalue weighted by molar-refractivity contribution is 7.99. The van der Waals surface area contributed by atoms with E-state index in [1.807, 2.05) is 22.8 Å². The third kappa shape index (κ3) is 4.08. The molecule has 8 nitrogen and oxygen atoms in total. The summed E-state index contributed by atoms with van der Waals surface area (Å²) in [5, 5.41) is 12.2. The molecule has 0 spiro atoms. The van der Waals surface area contributed by atoms with E-state index in [4.69, 9.17) is 9.47 Å². The Balaban J connectivity index is 1.27. The number of rotatable bonds is 5. The van der Waals surface area contributed by atoms with Crippen LogP contribution in [0.5, 0.6) is 11.5 Å². The molecule has 10 heteroatoms. The molecular weight excluding hydrogens is 434 g/mol. The molecule has 2 aromatic carbocycles. The molecule has 0 saturated carbocycles. The molecule has 1 amide bonds. The highest BCUT2D eigenvalue weighted by Crippen LogP contribution is 2.37. The number of amides is 1. The number of aromatic nitrogens is 4. The van der Waals surface area contributed by atoms with E-state index in [2.05, 4.69) is 46.5 Å². The number of benzene rings is 2. The highest BCUT2D eigenvalue weighted by atomic mass is 32.2. The van der Waals surface area contributed by atoms with Crippen molar-refractivity contribution in [3.05, 3.63) is 47.8 Å². The molecule has 31 heavy (non-hydrogen) atoms. The molecular formula is C21H19N5O3S2. The number of anilines is 1. The average molecular weight is 454 g/mol. The lowest BCUT2D eigenvalue weighted by atomic mass is 10.1. The van der Waals surface area contributed by atoms with Crippen LogP contribution >= 0.6 is 23.1 Å². The van der Waals surface area contributed by atoms with Gasteiger partial charge in [-0.05, 0) is 37.1 Å². The number of hydrogen-bond acceptors (Lipinski definition) is 8. The lowest BCUT2D eigenvalue weighted by molar-refractivity contribution is -0.113.